The van der Waals surface area contributed by atoms with E-state index in [1.165, 1.54) is 5.57 Å². The Balaban J connectivity index is 3.90. The van der Waals surface area contributed by atoms with Gasteiger partial charge in [-0.1, -0.05) is 11.6 Å². The van der Waals surface area contributed by atoms with Crippen molar-refractivity contribution in [2.24, 2.45) is 0 Å². The number of ether oxygens (including phenoxy) is 1. The first-order valence-electron chi connectivity index (χ1n) is 3.64. The van der Waals surface area contributed by atoms with Crippen molar-refractivity contribution in [3.63, 3.8) is 0 Å². The van der Waals surface area contributed by atoms with E-state index in [9.17, 15) is 0 Å². The molecule has 0 fully saturated rings. The minimum absolute atomic E-state index is 0.749. The maximum atomic E-state index is 5.23. The topological polar surface area (TPSA) is 9.23 Å². The lowest BCUT2D eigenvalue weighted by Crippen LogP contribution is -1.86. The first-order chi connectivity index (χ1) is 4.70. The van der Waals surface area contributed by atoms with E-state index in [2.05, 4.69) is 13.0 Å². The highest BCUT2D eigenvalue weighted by Gasteiger charge is 1.85. The first kappa shape index (κ1) is 9.28. The third-order valence-electron chi connectivity index (χ3n) is 1.26. The molecule has 0 atom stereocenters. The molecule has 0 unspecified atom stereocenters. The van der Waals surface area contributed by atoms with E-state index in [1.54, 1.807) is 0 Å². The molecule has 0 aromatic heterocycles. The smallest absolute Gasteiger partial charge is 0.0931 e. The summed E-state index contributed by atoms with van der Waals surface area (Å²) >= 11 is 0. The van der Waals surface area contributed by atoms with E-state index in [1.807, 2.05) is 26.8 Å². The Morgan fingerprint density at radius 3 is 2.40 bits per heavy atom. The average Bonchev–Trinajstić information content (AvgIpc) is 1.88. The van der Waals surface area contributed by atoms with Crippen LogP contribution in [0.4, 0.5) is 0 Å². The lowest BCUT2D eigenvalue weighted by molar-refractivity contribution is 0.231. The second-order valence-electron chi connectivity index (χ2n) is 2.22. The summed E-state index contributed by atoms with van der Waals surface area (Å²) in [6.45, 7) is 8.78. The van der Waals surface area contributed by atoms with Crippen LogP contribution in [0.3, 0.4) is 0 Å². The Morgan fingerprint density at radius 1 is 1.40 bits per heavy atom. The lowest BCUT2D eigenvalue weighted by Gasteiger charge is -2.01. The van der Waals surface area contributed by atoms with Crippen LogP contribution in [0.25, 0.3) is 0 Å². The maximum absolute atomic E-state index is 5.23. The Kier molecular flexibility index (Phi) is 4.73. The molecule has 0 aliphatic heterocycles. The summed E-state index contributed by atoms with van der Waals surface area (Å²) in [4.78, 5) is 0. The SMILES string of the molecule is C/C=C(C)\C=C(/C)OCC. The van der Waals surface area contributed by atoms with Gasteiger partial charge in [0.2, 0.25) is 0 Å². The summed E-state index contributed by atoms with van der Waals surface area (Å²) in [5.74, 6) is 0.984. The quantitative estimate of drug-likeness (QED) is 0.432. The molecule has 0 bridgehead atoms. The van der Waals surface area contributed by atoms with Crippen LogP contribution in [0.5, 0.6) is 0 Å². The molecule has 0 saturated carbocycles. The monoisotopic (exact) mass is 140 g/mol. The third kappa shape index (κ3) is 4.19. The largest absolute Gasteiger partial charge is 0.499 e. The summed E-state index contributed by atoms with van der Waals surface area (Å²) in [6, 6.07) is 0. The Hall–Kier alpha value is -0.720. The molecule has 1 nitrogen and oxygen atoms in total. The molecule has 0 aliphatic carbocycles. The van der Waals surface area contributed by atoms with Crippen molar-refractivity contribution in [3.8, 4) is 0 Å². The van der Waals surface area contributed by atoms with Gasteiger partial charge in [0.25, 0.3) is 0 Å². The van der Waals surface area contributed by atoms with E-state index in [-0.39, 0.29) is 0 Å². The van der Waals surface area contributed by atoms with Gasteiger partial charge in [-0.05, 0) is 33.8 Å². The van der Waals surface area contributed by atoms with Crippen molar-refractivity contribution >= 4 is 0 Å². The minimum atomic E-state index is 0.749. The summed E-state index contributed by atoms with van der Waals surface area (Å²) in [7, 11) is 0. The van der Waals surface area contributed by atoms with Gasteiger partial charge in [0, 0.05) is 0 Å². The molecule has 0 radical (unpaired) electrons. The number of rotatable bonds is 3. The van der Waals surface area contributed by atoms with E-state index >= 15 is 0 Å². The van der Waals surface area contributed by atoms with Crippen molar-refractivity contribution in [1.29, 1.82) is 0 Å². The van der Waals surface area contributed by atoms with Gasteiger partial charge < -0.3 is 4.74 Å². The standard InChI is InChI=1S/C9H16O/c1-5-8(3)7-9(4)10-6-2/h5,7H,6H2,1-4H3/b8-5-,9-7+. The molecule has 0 aromatic carbocycles. The predicted molar refractivity (Wildman–Crippen MR) is 44.8 cm³/mol. The van der Waals surface area contributed by atoms with Crippen LogP contribution in [0.2, 0.25) is 0 Å². The molecule has 0 N–H and O–H groups in total. The molecule has 10 heavy (non-hydrogen) atoms. The summed E-state index contributed by atoms with van der Waals surface area (Å²) in [5, 5.41) is 0. The van der Waals surface area contributed by atoms with E-state index in [4.69, 9.17) is 4.74 Å². The van der Waals surface area contributed by atoms with Gasteiger partial charge in [-0.25, -0.2) is 0 Å². The van der Waals surface area contributed by atoms with E-state index in [0.717, 1.165) is 12.4 Å². The molecular formula is C9H16O. The first-order valence-corrected chi connectivity index (χ1v) is 3.64. The van der Waals surface area contributed by atoms with Crippen molar-refractivity contribution in [2.75, 3.05) is 6.61 Å². The number of allylic oxidation sites excluding steroid dienone is 4. The summed E-state index contributed by atoms with van der Waals surface area (Å²) in [5.41, 5.74) is 1.24. The van der Waals surface area contributed by atoms with E-state index < -0.39 is 0 Å². The van der Waals surface area contributed by atoms with E-state index in [0.29, 0.717) is 0 Å². The van der Waals surface area contributed by atoms with Gasteiger partial charge in [-0.15, -0.1) is 0 Å². The fraction of sp³-hybridized carbons (Fsp3) is 0.556. The summed E-state index contributed by atoms with van der Waals surface area (Å²) < 4.78 is 5.23. The second-order valence-corrected chi connectivity index (χ2v) is 2.22. The second kappa shape index (κ2) is 5.10. The highest BCUT2D eigenvalue weighted by Crippen LogP contribution is 2.01. The van der Waals surface area contributed by atoms with Crippen LogP contribution in [-0.4, -0.2) is 6.61 Å². The van der Waals surface area contributed by atoms with Gasteiger partial charge in [-0.2, -0.15) is 0 Å². The lowest BCUT2D eigenvalue weighted by atomic mass is 10.2. The van der Waals surface area contributed by atoms with Crippen molar-refractivity contribution in [1.82, 2.24) is 0 Å². The molecule has 0 aliphatic rings. The Labute approximate surface area is 63.4 Å². The zero-order valence-corrected chi connectivity index (χ0v) is 7.27. The summed E-state index contributed by atoms with van der Waals surface area (Å²) in [6.07, 6.45) is 4.09. The van der Waals surface area contributed by atoms with Crippen LogP contribution in [0, 0.1) is 0 Å². The van der Waals surface area contributed by atoms with Gasteiger partial charge in [0.05, 0.1) is 12.4 Å². The zero-order valence-electron chi connectivity index (χ0n) is 7.27. The fourth-order valence-corrected chi connectivity index (χ4v) is 0.673. The van der Waals surface area contributed by atoms with Crippen LogP contribution < -0.4 is 0 Å². The Bertz CT molecular complexity index is 143. The molecule has 0 heterocycles. The minimum Gasteiger partial charge on any atom is -0.499 e. The maximum Gasteiger partial charge on any atom is 0.0931 e. The van der Waals surface area contributed by atoms with Crippen LogP contribution in [-0.2, 0) is 4.74 Å². The van der Waals surface area contributed by atoms with Crippen molar-refractivity contribution in [3.05, 3.63) is 23.5 Å². The molecule has 58 valence electrons. The van der Waals surface area contributed by atoms with Crippen LogP contribution in [0.1, 0.15) is 27.7 Å². The molecule has 0 aromatic rings. The fourth-order valence-electron chi connectivity index (χ4n) is 0.673. The number of hydrogen-bond acceptors (Lipinski definition) is 1. The molecule has 1 heteroatoms. The molecule has 0 saturated heterocycles. The molecule has 0 amide bonds. The Morgan fingerprint density at radius 2 is 2.00 bits per heavy atom. The number of hydrogen-bond donors (Lipinski definition) is 0. The third-order valence-corrected chi connectivity index (χ3v) is 1.26. The zero-order chi connectivity index (χ0) is 7.98. The molecule has 0 spiro atoms. The van der Waals surface area contributed by atoms with Gasteiger partial charge in [-0.3, -0.25) is 0 Å². The van der Waals surface area contributed by atoms with Crippen LogP contribution in [0.15, 0.2) is 23.5 Å². The predicted octanol–water partition coefficient (Wildman–Crippen LogP) is 2.89. The highest BCUT2D eigenvalue weighted by molar-refractivity contribution is 5.16. The molecular weight excluding hydrogens is 124 g/mol. The van der Waals surface area contributed by atoms with Crippen molar-refractivity contribution in [2.45, 2.75) is 27.7 Å². The van der Waals surface area contributed by atoms with Gasteiger partial charge >= 0.3 is 0 Å². The van der Waals surface area contributed by atoms with Gasteiger partial charge in [0.15, 0.2) is 0 Å². The van der Waals surface area contributed by atoms with Gasteiger partial charge in [0.1, 0.15) is 0 Å². The average molecular weight is 140 g/mol. The van der Waals surface area contributed by atoms with Crippen molar-refractivity contribution < 1.29 is 4.74 Å². The van der Waals surface area contributed by atoms with Crippen LogP contribution >= 0.6 is 0 Å². The highest BCUT2D eigenvalue weighted by atomic mass is 16.5. The molecule has 0 rings (SSSR count). The normalized spacial score (nSPS) is 13.6.